The molecule has 2 N–H and O–H groups in total. The number of amides is 2. The Kier molecular flexibility index (Phi) is 5.57. The summed E-state index contributed by atoms with van der Waals surface area (Å²) < 4.78 is 0. The average Bonchev–Trinajstić information content (AvgIpc) is 2.92. The molecule has 3 fully saturated rings. The van der Waals surface area contributed by atoms with Gasteiger partial charge in [-0.1, -0.05) is 19.3 Å². The molecule has 130 valence electrons. The standard InChI is InChI=1S/C18H31N3O2/c1-21(16-11-14-7-8-15(12-16)20-14)17(22)9-10-19-18(23)13-5-3-2-4-6-13/h13-16,20H,2-12H2,1H3,(H,19,23). The molecule has 2 amide bonds. The molecule has 0 radical (unpaired) electrons. The van der Waals surface area contributed by atoms with Crippen LogP contribution >= 0.6 is 0 Å². The van der Waals surface area contributed by atoms with Gasteiger partial charge in [-0.05, 0) is 38.5 Å². The van der Waals surface area contributed by atoms with Crippen molar-refractivity contribution in [3.63, 3.8) is 0 Å². The molecule has 5 heteroatoms. The predicted octanol–water partition coefficient (Wildman–Crippen LogP) is 1.81. The highest BCUT2D eigenvalue weighted by molar-refractivity contribution is 5.80. The van der Waals surface area contributed by atoms with E-state index in [-0.39, 0.29) is 17.7 Å². The fourth-order valence-corrected chi connectivity index (χ4v) is 4.53. The Morgan fingerprint density at radius 2 is 1.70 bits per heavy atom. The van der Waals surface area contributed by atoms with Gasteiger partial charge in [-0.15, -0.1) is 0 Å². The van der Waals surface area contributed by atoms with E-state index in [1.54, 1.807) is 0 Å². The summed E-state index contributed by atoms with van der Waals surface area (Å²) in [6.45, 7) is 0.482. The number of nitrogens with zero attached hydrogens (tertiary/aromatic N) is 1. The Morgan fingerprint density at radius 3 is 2.35 bits per heavy atom. The molecule has 0 aromatic carbocycles. The first-order chi connectivity index (χ1) is 11.1. The number of piperidine rings is 1. The first-order valence-corrected chi connectivity index (χ1v) is 9.43. The lowest BCUT2D eigenvalue weighted by Gasteiger charge is -2.35. The first kappa shape index (κ1) is 16.7. The third kappa shape index (κ3) is 4.25. The van der Waals surface area contributed by atoms with E-state index in [1.165, 1.54) is 19.3 Å². The number of carbonyl (C=O) groups excluding carboxylic acids is 2. The van der Waals surface area contributed by atoms with E-state index >= 15 is 0 Å². The zero-order valence-electron chi connectivity index (χ0n) is 14.4. The summed E-state index contributed by atoms with van der Waals surface area (Å²) in [5.74, 6) is 0.497. The molecule has 0 aromatic heterocycles. The van der Waals surface area contributed by atoms with Gasteiger partial charge in [0.1, 0.15) is 0 Å². The highest BCUT2D eigenvalue weighted by Crippen LogP contribution is 2.29. The van der Waals surface area contributed by atoms with Crippen LogP contribution in [0.15, 0.2) is 0 Å². The molecular formula is C18H31N3O2. The fraction of sp³-hybridized carbons (Fsp3) is 0.889. The van der Waals surface area contributed by atoms with Gasteiger partial charge < -0.3 is 15.5 Å². The van der Waals surface area contributed by atoms with Crippen molar-refractivity contribution in [2.45, 2.75) is 82.3 Å². The number of hydrogen-bond acceptors (Lipinski definition) is 3. The van der Waals surface area contributed by atoms with Gasteiger partial charge in [-0.3, -0.25) is 9.59 Å². The molecule has 23 heavy (non-hydrogen) atoms. The molecule has 2 aliphatic heterocycles. The second kappa shape index (κ2) is 7.65. The summed E-state index contributed by atoms with van der Waals surface area (Å²) in [7, 11) is 1.93. The fourth-order valence-electron chi connectivity index (χ4n) is 4.53. The number of fused-ring (bicyclic) bond motifs is 2. The van der Waals surface area contributed by atoms with Crippen molar-refractivity contribution in [1.82, 2.24) is 15.5 Å². The van der Waals surface area contributed by atoms with Gasteiger partial charge in [-0.2, -0.15) is 0 Å². The van der Waals surface area contributed by atoms with Crippen LogP contribution in [-0.4, -0.2) is 48.4 Å². The maximum Gasteiger partial charge on any atom is 0.224 e. The molecule has 2 saturated heterocycles. The molecular weight excluding hydrogens is 290 g/mol. The summed E-state index contributed by atoms with van der Waals surface area (Å²) in [4.78, 5) is 26.4. The largest absolute Gasteiger partial charge is 0.355 e. The van der Waals surface area contributed by atoms with Crippen LogP contribution in [0.4, 0.5) is 0 Å². The van der Waals surface area contributed by atoms with E-state index in [9.17, 15) is 9.59 Å². The summed E-state index contributed by atoms with van der Waals surface area (Å²) in [5.41, 5.74) is 0. The van der Waals surface area contributed by atoms with Gasteiger partial charge in [0, 0.05) is 44.1 Å². The molecule has 1 aliphatic carbocycles. The van der Waals surface area contributed by atoms with Crippen molar-refractivity contribution >= 4 is 11.8 Å². The van der Waals surface area contributed by atoms with Crippen molar-refractivity contribution in [3.8, 4) is 0 Å². The minimum absolute atomic E-state index is 0.153. The Hall–Kier alpha value is -1.10. The topological polar surface area (TPSA) is 61.4 Å². The molecule has 1 saturated carbocycles. The third-order valence-corrected chi connectivity index (χ3v) is 6.00. The third-order valence-electron chi connectivity index (χ3n) is 6.00. The molecule has 2 heterocycles. The van der Waals surface area contributed by atoms with E-state index in [2.05, 4.69) is 10.6 Å². The van der Waals surface area contributed by atoms with Gasteiger partial charge in [0.2, 0.25) is 11.8 Å². The Bertz CT molecular complexity index is 422. The predicted molar refractivity (Wildman–Crippen MR) is 89.9 cm³/mol. The van der Waals surface area contributed by atoms with Gasteiger partial charge in [0.25, 0.3) is 0 Å². The summed E-state index contributed by atoms with van der Waals surface area (Å²) in [6, 6.07) is 1.57. The summed E-state index contributed by atoms with van der Waals surface area (Å²) >= 11 is 0. The molecule has 3 aliphatic rings. The summed E-state index contributed by atoms with van der Waals surface area (Å²) in [6.07, 6.45) is 10.7. The zero-order valence-corrected chi connectivity index (χ0v) is 14.4. The maximum atomic E-state index is 12.4. The monoisotopic (exact) mass is 321 g/mol. The second-order valence-corrected chi connectivity index (χ2v) is 7.64. The highest BCUT2D eigenvalue weighted by atomic mass is 16.2. The SMILES string of the molecule is CN(C(=O)CCNC(=O)C1CCCCC1)C1CC2CCC(C1)N2. The van der Waals surface area contributed by atoms with E-state index in [4.69, 9.17) is 0 Å². The van der Waals surface area contributed by atoms with E-state index < -0.39 is 0 Å². The maximum absolute atomic E-state index is 12.4. The molecule has 5 nitrogen and oxygen atoms in total. The van der Waals surface area contributed by atoms with Crippen LogP contribution in [0.3, 0.4) is 0 Å². The zero-order chi connectivity index (χ0) is 16.2. The van der Waals surface area contributed by atoms with Crippen molar-refractivity contribution in [2.24, 2.45) is 5.92 Å². The van der Waals surface area contributed by atoms with Crippen LogP contribution in [0.5, 0.6) is 0 Å². The van der Waals surface area contributed by atoms with Crippen LogP contribution in [0.2, 0.25) is 0 Å². The quantitative estimate of drug-likeness (QED) is 0.812. The van der Waals surface area contributed by atoms with Crippen LogP contribution in [0.25, 0.3) is 0 Å². The number of hydrogen-bond donors (Lipinski definition) is 2. The Morgan fingerprint density at radius 1 is 1.04 bits per heavy atom. The van der Waals surface area contributed by atoms with Gasteiger partial charge in [-0.25, -0.2) is 0 Å². The normalized spacial score (nSPS) is 30.9. The molecule has 2 bridgehead atoms. The average molecular weight is 321 g/mol. The van der Waals surface area contributed by atoms with Crippen LogP contribution < -0.4 is 10.6 Å². The Balaban J connectivity index is 1.37. The number of rotatable bonds is 5. The van der Waals surface area contributed by atoms with Crippen LogP contribution in [0, 0.1) is 5.92 Å². The lowest BCUT2D eigenvalue weighted by atomic mass is 9.89. The van der Waals surface area contributed by atoms with Crippen LogP contribution in [-0.2, 0) is 9.59 Å². The molecule has 3 rings (SSSR count). The summed E-state index contributed by atoms with van der Waals surface area (Å²) in [5, 5.41) is 6.59. The van der Waals surface area contributed by atoms with E-state index in [0.717, 1.165) is 38.5 Å². The van der Waals surface area contributed by atoms with Crippen molar-refractivity contribution in [2.75, 3.05) is 13.6 Å². The van der Waals surface area contributed by atoms with Gasteiger partial charge >= 0.3 is 0 Å². The first-order valence-electron chi connectivity index (χ1n) is 9.43. The van der Waals surface area contributed by atoms with E-state index in [1.807, 2.05) is 11.9 Å². The molecule has 0 spiro atoms. The van der Waals surface area contributed by atoms with Gasteiger partial charge in [0.05, 0.1) is 0 Å². The van der Waals surface area contributed by atoms with Crippen molar-refractivity contribution in [1.29, 1.82) is 0 Å². The van der Waals surface area contributed by atoms with E-state index in [0.29, 0.717) is 31.1 Å². The minimum Gasteiger partial charge on any atom is -0.355 e. The smallest absolute Gasteiger partial charge is 0.224 e. The second-order valence-electron chi connectivity index (χ2n) is 7.64. The number of nitrogens with one attached hydrogen (secondary N) is 2. The number of carbonyl (C=O) groups is 2. The molecule has 2 unspecified atom stereocenters. The lowest BCUT2D eigenvalue weighted by Crippen LogP contribution is -2.49. The van der Waals surface area contributed by atoms with Crippen LogP contribution in [0.1, 0.15) is 64.2 Å². The van der Waals surface area contributed by atoms with Gasteiger partial charge in [0.15, 0.2) is 0 Å². The van der Waals surface area contributed by atoms with Crippen molar-refractivity contribution < 1.29 is 9.59 Å². The minimum atomic E-state index is 0.153. The highest BCUT2D eigenvalue weighted by Gasteiger charge is 2.36. The molecule has 0 aromatic rings. The molecule has 2 atom stereocenters. The van der Waals surface area contributed by atoms with Crippen molar-refractivity contribution in [3.05, 3.63) is 0 Å². The lowest BCUT2D eigenvalue weighted by molar-refractivity contribution is -0.132. The Labute approximate surface area is 139 Å².